The van der Waals surface area contributed by atoms with Gasteiger partial charge in [0.25, 0.3) is 5.82 Å². The minimum atomic E-state index is 1.06. The van der Waals surface area contributed by atoms with Crippen molar-refractivity contribution in [3.05, 3.63) is 35.9 Å². The monoisotopic (exact) mass is 161 g/mol. The minimum Gasteiger partial charge on any atom is -0.244 e. The maximum Gasteiger partial charge on any atom is 0.282 e. The summed E-state index contributed by atoms with van der Waals surface area (Å²) in [4.78, 5) is 3.24. The van der Waals surface area contributed by atoms with Crippen LogP contribution >= 0.6 is 0 Å². The van der Waals surface area contributed by atoms with Crippen LogP contribution in [0.15, 0.2) is 30.1 Å². The van der Waals surface area contributed by atoms with Gasteiger partial charge in [-0.15, -0.1) is 0 Å². The Bertz CT molecular complexity index is 356. The summed E-state index contributed by atoms with van der Waals surface area (Å²) in [5, 5.41) is 0. The highest BCUT2D eigenvalue weighted by Crippen LogP contribution is 2.24. The summed E-state index contributed by atoms with van der Waals surface area (Å²) >= 11 is 0. The van der Waals surface area contributed by atoms with E-state index in [0.29, 0.717) is 0 Å². The predicted molar refractivity (Wildman–Crippen MR) is 48.3 cm³/mol. The number of aromatic amines is 1. The van der Waals surface area contributed by atoms with Gasteiger partial charge in [0.15, 0.2) is 0 Å². The van der Waals surface area contributed by atoms with Crippen LogP contribution in [0.2, 0.25) is 0 Å². The molecule has 62 valence electrons. The largest absolute Gasteiger partial charge is 0.282 e. The maximum absolute atomic E-state index is 3.24. The van der Waals surface area contributed by atoms with Crippen LogP contribution in [0.4, 0.5) is 0 Å². The normalized spacial score (nSPS) is 16.2. The highest BCUT2D eigenvalue weighted by atomic mass is 15.0. The second-order valence-electron chi connectivity index (χ2n) is 3.19. The van der Waals surface area contributed by atoms with Crippen LogP contribution in [0, 0.1) is 0 Å². The zero-order valence-corrected chi connectivity index (χ0v) is 7.46. The third kappa shape index (κ3) is 0.998. The van der Waals surface area contributed by atoms with Crippen molar-refractivity contribution in [3.63, 3.8) is 0 Å². The standard InChI is InChI=1S/C10H12N2/c1-8-4-3-5-9(8)10-11-6-7-12(10)2/h3-4,6-7H,5H2,1-2H3/p+1. The van der Waals surface area contributed by atoms with Crippen LogP contribution in [0.5, 0.6) is 0 Å². The molecule has 0 radical (unpaired) electrons. The molecule has 1 aliphatic rings. The van der Waals surface area contributed by atoms with Gasteiger partial charge >= 0.3 is 0 Å². The third-order valence-corrected chi connectivity index (χ3v) is 2.32. The Kier molecular flexibility index (Phi) is 1.61. The molecule has 1 aliphatic carbocycles. The van der Waals surface area contributed by atoms with Crippen LogP contribution in [-0.4, -0.2) is 4.98 Å². The summed E-state index contributed by atoms with van der Waals surface area (Å²) in [6, 6.07) is 0. The summed E-state index contributed by atoms with van der Waals surface area (Å²) in [7, 11) is 2.06. The molecule has 1 heterocycles. The molecule has 1 N–H and O–H groups in total. The lowest BCUT2D eigenvalue weighted by Gasteiger charge is -1.96. The number of aryl methyl sites for hydroxylation is 1. The van der Waals surface area contributed by atoms with E-state index in [1.807, 2.05) is 12.4 Å². The first kappa shape index (κ1) is 7.35. The number of imidazole rings is 1. The summed E-state index contributed by atoms with van der Waals surface area (Å²) in [5.41, 5.74) is 2.77. The number of H-pyrrole nitrogens is 1. The molecule has 2 nitrogen and oxygen atoms in total. The molecule has 0 aliphatic heterocycles. The van der Waals surface area contributed by atoms with Crippen molar-refractivity contribution in [2.75, 3.05) is 0 Å². The van der Waals surface area contributed by atoms with E-state index >= 15 is 0 Å². The summed E-state index contributed by atoms with van der Waals surface area (Å²) in [6.45, 7) is 2.15. The van der Waals surface area contributed by atoms with Gasteiger partial charge in [0.2, 0.25) is 0 Å². The summed E-state index contributed by atoms with van der Waals surface area (Å²) < 4.78 is 2.12. The topological polar surface area (TPSA) is 19.7 Å². The van der Waals surface area contributed by atoms with Crippen molar-refractivity contribution < 1.29 is 4.57 Å². The quantitative estimate of drug-likeness (QED) is 0.603. The first-order valence-corrected chi connectivity index (χ1v) is 4.18. The fraction of sp³-hybridized carbons (Fsp3) is 0.300. The van der Waals surface area contributed by atoms with E-state index in [1.165, 1.54) is 17.0 Å². The second-order valence-corrected chi connectivity index (χ2v) is 3.19. The number of nitrogens with zero attached hydrogens (tertiary/aromatic N) is 1. The highest BCUT2D eigenvalue weighted by Gasteiger charge is 2.16. The Balaban J connectivity index is 2.45. The van der Waals surface area contributed by atoms with E-state index in [1.54, 1.807) is 0 Å². The Morgan fingerprint density at radius 3 is 2.83 bits per heavy atom. The third-order valence-electron chi connectivity index (χ3n) is 2.32. The molecule has 2 heteroatoms. The molecule has 2 rings (SSSR count). The minimum absolute atomic E-state index is 1.06. The lowest BCUT2D eigenvalue weighted by atomic mass is 10.1. The molecule has 0 unspecified atom stereocenters. The molecule has 1 aromatic heterocycles. The van der Waals surface area contributed by atoms with Crippen LogP contribution < -0.4 is 4.57 Å². The predicted octanol–water partition coefficient (Wildman–Crippen LogP) is 1.57. The van der Waals surface area contributed by atoms with Gasteiger partial charge in [-0.25, -0.2) is 9.55 Å². The molecule has 0 spiro atoms. The van der Waals surface area contributed by atoms with Gasteiger partial charge in [-0.3, -0.25) is 0 Å². The summed E-state index contributed by atoms with van der Waals surface area (Å²) in [6.07, 6.45) is 9.43. The van der Waals surface area contributed by atoms with E-state index in [9.17, 15) is 0 Å². The van der Waals surface area contributed by atoms with Gasteiger partial charge in [-0.1, -0.05) is 12.2 Å². The average molecular weight is 161 g/mol. The van der Waals surface area contributed by atoms with Gasteiger partial charge in [-0.05, 0) is 18.9 Å². The molecular weight excluding hydrogens is 148 g/mol. The molecule has 0 saturated heterocycles. The molecule has 12 heavy (non-hydrogen) atoms. The molecule has 0 saturated carbocycles. The first-order chi connectivity index (χ1) is 5.79. The van der Waals surface area contributed by atoms with E-state index in [2.05, 4.69) is 35.7 Å². The van der Waals surface area contributed by atoms with Crippen LogP contribution in [-0.2, 0) is 7.05 Å². The molecule has 0 bridgehead atoms. The van der Waals surface area contributed by atoms with Crippen LogP contribution in [0.1, 0.15) is 19.2 Å². The number of hydrogen-bond acceptors (Lipinski definition) is 0. The molecule has 1 aromatic rings. The fourth-order valence-corrected chi connectivity index (χ4v) is 1.60. The smallest absolute Gasteiger partial charge is 0.244 e. The number of rotatable bonds is 1. The number of hydrogen-bond donors (Lipinski definition) is 1. The number of nitrogens with one attached hydrogen (secondary N) is 1. The lowest BCUT2D eigenvalue weighted by molar-refractivity contribution is -0.672. The van der Waals surface area contributed by atoms with E-state index in [0.717, 1.165) is 6.42 Å². The average Bonchev–Trinajstić information content (AvgIpc) is 2.59. The van der Waals surface area contributed by atoms with E-state index < -0.39 is 0 Å². The summed E-state index contributed by atoms with van der Waals surface area (Å²) in [5.74, 6) is 1.22. The molecular formula is C10H13N2+. The van der Waals surface area contributed by atoms with Crippen molar-refractivity contribution in [3.8, 4) is 0 Å². The molecule has 0 amide bonds. The molecule has 0 fully saturated rings. The number of allylic oxidation sites excluding steroid dienone is 4. The molecule has 0 atom stereocenters. The van der Waals surface area contributed by atoms with Gasteiger partial charge in [-0.2, -0.15) is 0 Å². The fourth-order valence-electron chi connectivity index (χ4n) is 1.60. The van der Waals surface area contributed by atoms with Crippen molar-refractivity contribution in [2.45, 2.75) is 13.3 Å². The second kappa shape index (κ2) is 2.63. The van der Waals surface area contributed by atoms with Crippen LogP contribution in [0.3, 0.4) is 0 Å². The SMILES string of the molecule is CC1=C(c2[nH]cc[n+]2C)CC=C1. The Labute approximate surface area is 72.2 Å². The number of aromatic nitrogens is 2. The van der Waals surface area contributed by atoms with Crippen molar-refractivity contribution in [2.24, 2.45) is 7.05 Å². The van der Waals surface area contributed by atoms with Crippen molar-refractivity contribution in [1.82, 2.24) is 4.98 Å². The van der Waals surface area contributed by atoms with Gasteiger partial charge in [0.05, 0.1) is 7.05 Å². The Morgan fingerprint density at radius 2 is 2.33 bits per heavy atom. The van der Waals surface area contributed by atoms with E-state index in [-0.39, 0.29) is 0 Å². The van der Waals surface area contributed by atoms with Crippen LogP contribution in [0.25, 0.3) is 5.57 Å². The first-order valence-electron chi connectivity index (χ1n) is 4.18. The highest BCUT2D eigenvalue weighted by molar-refractivity contribution is 5.68. The van der Waals surface area contributed by atoms with E-state index in [4.69, 9.17) is 0 Å². The Hall–Kier alpha value is -1.31. The zero-order chi connectivity index (χ0) is 8.55. The zero-order valence-electron chi connectivity index (χ0n) is 7.46. The van der Waals surface area contributed by atoms with Crippen molar-refractivity contribution >= 4 is 5.57 Å². The van der Waals surface area contributed by atoms with Gasteiger partial charge in [0, 0.05) is 5.57 Å². The maximum atomic E-state index is 3.24. The van der Waals surface area contributed by atoms with Gasteiger partial charge in [0.1, 0.15) is 12.4 Å². The molecule has 0 aromatic carbocycles. The van der Waals surface area contributed by atoms with Crippen molar-refractivity contribution in [1.29, 1.82) is 0 Å². The van der Waals surface area contributed by atoms with Gasteiger partial charge < -0.3 is 0 Å². The Morgan fingerprint density at radius 1 is 1.50 bits per heavy atom. The lowest BCUT2D eigenvalue weighted by Crippen LogP contribution is -2.29.